The molecular formula is C47H61Cl2N8O4S+. The van der Waals surface area contributed by atoms with E-state index in [1.807, 2.05) is 49.4 Å². The maximum absolute atomic E-state index is 13.0. The topological polar surface area (TPSA) is 127 Å². The average Bonchev–Trinajstić information content (AvgIpc) is 3.27. The molecule has 0 radical (unpaired) electrons. The van der Waals surface area contributed by atoms with Crippen molar-refractivity contribution in [1.82, 2.24) is 14.9 Å². The van der Waals surface area contributed by atoms with Crippen molar-refractivity contribution in [2.45, 2.75) is 72.3 Å². The molecule has 0 saturated carbocycles. The lowest BCUT2D eigenvalue weighted by Gasteiger charge is -2.40. The SMILES string of the molecule is CCc1cc(N2CCN(CC3CCN(c4nc(N[N+](C)(O)S)ncc4COc4ccc(C(C)(C)c5cc(Cl)c(OCCCl)c(C#N)c5)cc4)CC3)CC2)ccc1C(=O)C(C)CC. The molecule has 0 bridgehead atoms. The Kier molecular flexibility index (Phi) is 15.9. The number of piperidine rings is 1. The first-order valence-corrected chi connectivity index (χ1v) is 23.0. The second kappa shape index (κ2) is 20.9. The zero-order valence-electron chi connectivity index (χ0n) is 36.8. The first-order chi connectivity index (χ1) is 29.6. The van der Waals surface area contributed by atoms with Gasteiger partial charge in [-0.3, -0.25) is 9.69 Å². The number of benzene rings is 3. The van der Waals surface area contributed by atoms with Crippen LogP contribution >= 0.6 is 36.0 Å². The molecular weight excluding hydrogens is 844 g/mol. The first-order valence-electron chi connectivity index (χ1n) is 21.7. The Hall–Kier alpha value is -4.29. The molecule has 3 aromatic carbocycles. The molecule has 2 saturated heterocycles. The van der Waals surface area contributed by atoms with E-state index in [0.717, 1.165) is 105 Å². The molecule has 62 heavy (non-hydrogen) atoms. The van der Waals surface area contributed by atoms with Gasteiger partial charge < -0.3 is 19.3 Å². The van der Waals surface area contributed by atoms with Gasteiger partial charge in [-0.15, -0.1) is 11.6 Å². The van der Waals surface area contributed by atoms with Gasteiger partial charge in [0.15, 0.2) is 11.5 Å². The number of halogens is 2. The van der Waals surface area contributed by atoms with Crippen LogP contribution in [0.4, 0.5) is 17.5 Å². The number of alkyl halides is 1. The number of nitrogens with one attached hydrogen (secondary N) is 1. The molecule has 2 unspecified atom stereocenters. The second-order valence-corrected chi connectivity index (χ2v) is 18.6. The maximum atomic E-state index is 13.0. The van der Waals surface area contributed by atoms with Crippen molar-refractivity contribution >= 4 is 59.3 Å². The highest BCUT2D eigenvalue weighted by atomic mass is 35.5. The van der Waals surface area contributed by atoms with Gasteiger partial charge in [0.25, 0.3) is 5.95 Å². The lowest BCUT2D eigenvalue weighted by atomic mass is 9.77. The lowest BCUT2D eigenvalue weighted by Crippen LogP contribution is -2.49. The van der Waals surface area contributed by atoms with Gasteiger partial charge in [0.05, 0.1) is 22.0 Å². The number of piperazine rings is 1. The van der Waals surface area contributed by atoms with Gasteiger partial charge in [-0.1, -0.05) is 58.4 Å². The Balaban J connectivity index is 1.07. The average molecular weight is 905 g/mol. The molecule has 4 aromatic rings. The number of quaternary nitrogens is 1. The van der Waals surface area contributed by atoms with Gasteiger partial charge in [0, 0.05) is 74.6 Å². The van der Waals surface area contributed by atoms with Crippen molar-refractivity contribution in [1.29, 1.82) is 5.26 Å². The summed E-state index contributed by atoms with van der Waals surface area (Å²) in [5, 5.41) is 20.5. The quantitative estimate of drug-likeness (QED) is 0.0291. The highest BCUT2D eigenvalue weighted by molar-refractivity contribution is 7.74. The predicted molar refractivity (Wildman–Crippen MR) is 251 cm³/mol. The highest BCUT2D eigenvalue weighted by Crippen LogP contribution is 2.39. The van der Waals surface area contributed by atoms with Crippen LogP contribution in [0.5, 0.6) is 11.5 Å². The van der Waals surface area contributed by atoms with Crippen molar-refractivity contribution in [2.24, 2.45) is 11.8 Å². The van der Waals surface area contributed by atoms with Crippen LogP contribution in [0.15, 0.2) is 60.8 Å². The Bertz CT molecular complexity index is 2200. The molecule has 12 nitrogen and oxygen atoms in total. The molecule has 0 spiro atoms. The summed E-state index contributed by atoms with van der Waals surface area (Å²) < 4.78 is 11.2. The number of hydrogen-bond acceptors (Lipinski definition) is 12. The van der Waals surface area contributed by atoms with Crippen LogP contribution in [-0.2, 0) is 18.4 Å². The number of aryl methyl sites for hydroxylation is 1. The lowest BCUT2D eigenvalue weighted by molar-refractivity contribution is -0.955. The van der Waals surface area contributed by atoms with Crippen LogP contribution in [-0.4, -0.2) is 95.4 Å². The number of thiol groups is 1. The van der Waals surface area contributed by atoms with E-state index in [0.29, 0.717) is 33.9 Å². The third-order valence-electron chi connectivity index (χ3n) is 12.3. The van der Waals surface area contributed by atoms with Crippen molar-refractivity contribution in [3.63, 3.8) is 0 Å². The second-order valence-electron chi connectivity index (χ2n) is 17.1. The number of hydroxylamine groups is 1. The minimum Gasteiger partial charge on any atom is -0.489 e. The molecule has 2 aliphatic heterocycles. The minimum absolute atomic E-state index is 0.0413. The minimum atomic E-state index is -0.813. The molecule has 6 rings (SSSR count). The number of aromatic nitrogens is 2. The standard InChI is InChI=1S/C47H61Cl2N8O4S/c1-7-32(3)43(58)41-14-11-39(26-34(41)8-2)55-22-20-54(21-23-55)30-33-15-18-56(19-16-33)45-36(29-51-46(52-45)53-57(6,59)62)31-61-40-12-9-37(10-13-40)47(4,5)38-25-35(28-50)44(42(49)27-38)60-24-17-48/h9-14,25-27,29,32-33,59,62H,7-8,15-24,30-31H2,1-6H3,(H,51,52,53)/q+1. The fraction of sp³-hybridized carbons (Fsp3) is 0.489. The molecule has 332 valence electrons. The van der Waals surface area contributed by atoms with Crippen LogP contribution in [0, 0.1) is 23.2 Å². The number of carbonyl (C=O) groups excluding carboxylic acids is 1. The van der Waals surface area contributed by atoms with E-state index in [-0.39, 0.29) is 30.9 Å². The van der Waals surface area contributed by atoms with Gasteiger partial charge >= 0.3 is 0 Å². The number of ketones is 1. The summed E-state index contributed by atoms with van der Waals surface area (Å²) in [5.41, 5.74) is 8.67. The summed E-state index contributed by atoms with van der Waals surface area (Å²) in [7, 11) is 1.47. The number of Topliss-reactive ketones (excluding diaryl/α,β-unsaturated/α-hetero) is 1. The number of rotatable bonds is 18. The summed E-state index contributed by atoms with van der Waals surface area (Å²) in [6.07, 6.45) is 5.50. The van der Waals surface area contributed by atoms with Crippen LogP contribution in [0.25, 0.3) is 0 Å². The molecule has 2 fully saturated rings. The van der Waals surface area contributed by atoms with Gasteiger partial charge in [-0.25, -0.2) is 4.98 Å². The van der Waals surface area contributed by atoms with Crippen molar-refractivity contribution in [3.05, 3.63) is 99.2 Å². The van der Waals surface area contributed by atoms with E-state index < -0.39 is 9.58 Å². The third kappa shape index (κ3) is 11.6. The molecule has 0 aliphatic carbocycles. The number of hydrogen-bond donors (Lipinski definition) is 3. The van der Waals surface area contributed by atoms with Crippen LogP contribution in [0.1, 0.15) is 92.1 Å². The zero-order valence-corrected chi connectivity index (χ0v) is 39.2. The number of anilines is 3. The van der Waals surface area contributed by atoms with Crippen LogP contribution in [0.3, 0.4) is 0 Å². The summed E-state index contributed by atoms with van der Waals surface area (Å²) >= 11 is 16.6. The van der Waals surface area contributed by atoms with Gasteiger partial charge in [-0.05, 0) is 94.9 Å². The van der Waals surface area contributed by atoms with Crippen LogP contribution in [0.2, 0.25) is 5.02 Å². The van der Waals surface area contributed by atoms with E-state index in [2.05, 4.69) is 83.8 Å². The fourth-order valence-corrected chi connectivity index (χ4v) is 8.72. The normalized spacial score (nSPS) is 16.7. The predicted octanol–water partition coefficient (Wildman–Crippen LogP) is 9.36. The largest absolute Gasteiger partial charge is 0.489 e. The summed E-state index contributed by atoms with van der Waals surface area (Å²) in [4.78, 5) is 29.7. The molecule has 15 heteroatoms. The Morgan fingerprint density at radius 3 is 2.35 bits per heavy atom. The Morgan fingerprint density at radius 2 is 1.73 bits per heavy atom. The number of carbonyl (C=O) groups is 1. The number of nitrogens with zero attached hydrogens (tertiary/aromatic N) is 7. The number of nitriles is 1. The smallest absolute Gasteiger partial charge is 0.275 e. The van der Waals surface area contributed by atoms with Gasteiger partial charge in [-0.2, -0.15) is 20.9 Å². The van der Waals surface area contributed by atoms with Crippen LogP contribution < -0.4 is 24.7 Å². The highest BCUT2D eigenvalue weighted by Gasteiger charge is 2.29. The van der Waals surface area contributed by atoms with E-state index in [1.54, 1.807) is 6.20 Å². The van der Waals surface area contributed by atoms with E-state index >= 15 is 0 Å². The zero-order chi connectivity index (χ0) is 44.6. The van der Waals surface area contributed by atoms with E-state index in [4.69, 9.17) is 37.7 Å². The first kappa shape index (κ1) is 47.2. The monoisotopic (exact) mass is 903 g/mol. The molecule has 2 aliphatic rings. The molecule has 2 atom stereocenters. The summed E-state index contributed by atoms with van der Waals surface area (Å²) in [5.74, 6) is 3.20. The fourth-order valence-electron chi connectivity index (χ4n) is 8.28. The Labute approximate surface area is 382 Å². The molecule has 3 heterocycles. The van der Waals surface area contributed by atoms with Gasteiger partial charge in [0.1, 0.15) is 50.7 Å². The molecule has 2 N–H and O–H groups in total. The van der Waals surface area contributed by atoms with Crippen molar-refractivity contribution in [2.75, 3.05) is 80.6 Å². The molecule has 0 amide bonds. The van der Waals surface area contributed by atoms with E-state index in [9.17, 15) is 15.3 Å². The maximum Gasteiger partial charge on any atom is 0.275 e. The Morgan fingerprint density at radius 1 is 1.02 bits per heavy atom. The summed E-state index contributed by atoms with van der Waals surface area (Å²) in [6, 6.07) is 20.2. The van der Waals surface area contributed by atoms with Crippen molar-refractivity contribution in [3.8, 4) is 17.6 Å². The van der Waals surface area contributed by atoms with Crippen molar-refractivity contribution < 1.29 is 23.6 Å². The molecule has 1 aromatic heterocycles. The van der Waals surface area contributed by atoms with Gasteiger partial charge in [0.2, 0.25) is 0 Å². The summed E-state index contributed by atoms with van der Waals surface area (Å²) in [6.45, 7) is 17.6. The third-order valence-corrected chi connectivity index (χ3v) is 12.8. The number of ether oxygens (including phenoxy) is 2. The van der Waals surface area contributed by atoms with E-state index in [1.165, 1.54) is 12.7 Å².